The number of fused-ring (bicyclic) bond motifs is 4. The summed E-state index contributed by atoms with van der Waals surface area (Å²) in [5.41, 5.74) is 4.25. The lowest BCUT2D eigenvalue weighted by atomic mass is 9.85. The van der Waals surface area contributed by atoms with Gasteiger partial charge in [-0.3, -0.25) is 0 Å². The second kappa shape index (κ2) is 9.22. The van der Waals surface area contributed by atoms with Crippen molar-refractivity contribution >= 4 is 43.1 Å². The van der Waals surface area contributed by atoms with Crippen LogP contribution in [-0.2, 0) is 0 Å². The van der Waals surface area contributed by atoms with Crippen molar-refractivity contribution in [1.82, 2.24) is 0 Å². The summed E-state index contributed by atoms with van der Waals surface area (Å²) in [7, 11) is 0. The molecule has 0 amide bonds. The molecule has 40 heavy (non-hydrogen) atoms. The molecule has 0 bridgehead atoms. The molecule has 0 aliphatic rings. The first-order valence-corrected chi connectivity index (χ1v) is 13.5. The Hall–Kier alpha value is -5.20. The Morgan fingerprint density at radius 2 is 0.800 bits per heavy atom. The van der Waals surface area contributed by atoms with E-state index in [1.165, 1.54) is 5.39 Å². The summed E-state index contributed by atoms with van der Waals surface area (Å²) in [5, 5.41) is 8.03. The highest BCUT2D eigenvalue weighted by molar-refractivity contribution is 6.21. The van der Waals surface area contributed by atoms with Crippen LogP contribution in [0.5, 0.6) is 0 Å². The molecule has 8 aromatic carbocycles. The third-order valence-electron chi connectivity index (χ3n) is 7.90. The topological polar surface area (TPSA) is 0 Å². The fourth-order valence-electron chi connectivity index (χ4n) is 6.07. The molecule has 0 heterocycles. The van der Waals surface area contributed by atoms with Crippen molar-refractivity contribution in [2.24, 2.45) is 0 Å². The van der Waals surface area contributed by atoms with Gasteiger partial charge in [0.25, 0.3) is 0 Å². The summed E-state index contributed by atoms with van der Waals surface area (Å²) >= 11 is 0. The summed E-state index contributed by atoms with van der Waals surface area (Å²) in [4.78, 5) is 0. The van der Waals surface area contributed by atoms with E-state index in [2.05, 4.69) is 48.5 Å². The Kier molecular flexibility index (Phi) is 4.37. The predicted molar refractivity (Wildman–Crippen MR) is 173 cm³/mol. The van der Waals surface area contributed by atoms with Gasteiger partial charge in [-0.2, -0.15) is 0 Å². The monoisotopic (exact) mass is 510 g/mol. The zero-order chi connectivity index (χ0) is 29.9. The molecule has 0 saturated heterocycles. The molecule has 8 aromatic rings. The van der Waals surface area contributed by atoms with E-state index in [-0.39, 0.29) is 24.2 Å². The zero-order valence-corrected chi connectivity index (χ0v) is 21.7. The maximum absolute atomic E-state index is 9.34. The van der Waals surface area contributed by atoms with Crippen LogP contribution >= 0.6 is 0 Å². The zero-order valence-electron chi connectivity index (χ0n) is 25.7. The second-order valence-corrected chi connectivity index (χ2v) is 10.2. The minimum atomic E-state index is -0.0392. The van der Waals surface area contributed by atoms with Crippen LogP contribution in [0.3, 0.4) is 0 Å². The fraction of sp³-hybridized carbons (Fsp3) is 0. The van der Waals surface area contributed by atoms with Crippen molar-refractivity contribution in [3.63, 3.8) is 0 Å². The summed E-state index contributed by atoms with van der Waals surface area (Å²) in [5.74, 6) is 0. The first-order valence-electron chi connectivity index (χ1n) is 15.5. The minimum absolute atomic E-state index is 0.0379. The van der Waals surface area contributed by atoms with Crippen molar-refractivity contribution in [2.75, 3.05) is 0 Å². The van der Waals surface area contributed by atoms with Crippen LogP contribution in [0.4, 0.5) is 0 Å². The van der Waals surface area contributed by atoms with E-state index in [0.29, 0.717) is 16.7 Å². The van der Waals surface area contributed by atoms with Crippen molar-refractivity contribution in [2.45, 2.75) is 0 Å². The summed E-state index contributed by atoms with van der Waals surface area (Å²) < 4.78 is 37.1. The Morgan fingerprint density at radius 3 is 1.45 bits per heavy atom. The number of hydrogen-bond donors (Lipinski definition) is 0. The minimum Gasteiger partial charge on any atom is -0.0616 e. The maximum atomic E-state index is 9.34. The molecular formula is C40H26. The van der Waals surface area contributed by atoms with E-state index >= 15 is 0 Å². The summed E-state index contributed by atoms with van der Waals surface area (Å²) in [6.45, 7) is 0. The van der Waals surface area contributed by atoms with E-state index in [0.717, 1.165) is 54.4 Å². The molecule has 8 rings (SSSR count). The normalized spacial score (nSPS) is 12.9. The van der Waals surface area contributed by atoms with E-state index in [4.69, 9.17) is 0 Å². The SMILES string of the molecule is [2H]c1c([2H])c(-c2c3ccccc3c(-c3ccc4ccccc4c3)c3ccccc23)c([2H])c([2H])c1-c1cccc2ccccc12. The Morgan fingerprint density at radius 1 is 0.325 bits per heavy atom. The third kappa shape index (κ3) is 3.61. The molecule has 0 radical (unpaired) electrons. The molecule has 186 valence electrons. The van der Waals surface area contributed by atoms with Gasteiger partial charge >= 0.3 is 0 Å². The molecule has 0 heteroatoms. The molecular weight excluding hydrogens is 480 g/mol. The van der Waals surface area contributed by atoms with Crippen molar-refractivity contribution in [1.29, 1.82) is 0 Å². The van der Waals surface area contributed by atoms with Gasteiger partial charge < -0.3 is 0 Å². The summed E-state index contributed by atoms with van der Waals surface area (Å²) in [6, 6.07) is 44.6. The van der Waals surface area contributed by atoms with Gasteiger partial charge in [-0.25, -0.2) is 0 Å². The smallest absolute Gasteiger partial charge is 0.0616 e. The molecule has 0 aliphatic carbocycles. The van der Waals surface area contributed by atoms with E-state index in [1.807, 2.05) is 84.9 Å². The standard InChI is InChI=1S/C40H26/c1-2-12-31-26-32(25-20-27(31)10-1)40-37-17-7-5-15-35(37)39(36-16-6-8-18-38(36)40)30-23-21-29(22-24-30)34-19-9-13-28-11-3-4-14-33(28)34/h1-26H/i21D,22D,23D,24D. The largest absolute Gasteiger partial charge is 0.0629 e. The lowest BCUT2D eigenvalue weighted by Gasteiger charge is -2.18. The third-order valence-corrected chi connectivity index (χ3v) is 7.90. The Labute approximate surface area is 239 Å². The molecule has 0 nitrogen and oxygen atoms in total. The van der Waals surface area contributed by atoms with Gasteiger partial charge in [-0.15, -0.1) is 0 Å². The van der Waals surface area contributed by atoms with E-state index in [9.17, 15) is 5.48 Å². The average molecular weight is 511 g/mol. The molecule has 0 saturated carbocycles. The Balaban J connectivity index is 1.46. The van der Waals surface area contributed by atoms with Gasteiger partial charge in [0.2, 0.25) is 0 Å². The number of benzene rings is 8. The van der Waals surface area contributed by atoms with E-state index in [1.54, 1.807) is 0 Å². The molecule has 0 N–H and O–H groups in total. The molecule has 0 atom stereocenters. The van der Waals surface area contributed by atoms with Crippen LogP contribution in [0.1, 0.15) is 5.48 Å². The molecule has 0 spiro atoms. The molecule has 0 aromatic heterocycles. The number of hydrogen-bond acceptors (Lipinski definition) is 0. The Bertz CT molecular complexity index is 2350. The second-order valence-electron chi connectivity index (χ2n) is 10.2. The molecule has 0 aliphatic heterocycles. The fourth-order valence-corrected chi connectivity index (χ4v) is 6.07. The van der Waals surface area contributed by atoms with Gasteiger partial charge in [0, 0.05) is 0 Å². The highest BCUT2D eigenvalue weighted by atomic mass is 14.2. The first-order chi connectivity index (χ1) is 21.5. The lowest BCUT2D eigenvalue weighted by molar-refractivity contribution is 1.63. The highest BCUT2D eigenvalue weighted by Crippen LogP contribution is 2.44. The summed E-state index contributed by atoms with van der Waals surface area (Å²) in [6.07, 6.45) is 0. The molecule has 0 fully saturated rings. The van der Waals surface area contributed by atoms with Crippen LogP contribution in [0.25, 0.3) is 76.5 Å². The predicted octanol–water partition coefficient (Wildman–Crippen LogP) is 11.3. The van der Waals surface area contributed by atoms with E-state index < -0.39 is 0 Å². The van der Waals surface area contributed by atoms with Crippen molar-refractivity contribution in [3.8, 4) is 33.4 Å². The van der Waals surface area contributed by atoms with Crippen LogP contribution < -0.4 is 0 Å². The van der Waals surface area contributed by atoms with Crippen LogP contribution in [0.15, 0.2) is 158 Å². The quantitative estimate of drug-likeness (QED) is 0.207. The van der Waals surface area contributed by atoms with Gasteiger partial charge in [-0.1, -0.05) is 152 Å². The highest BCUT2D eigenvalue weighted by Gasteiger charge is 2.17. The van der Waals surface area contributed by atoms with Crippen LogP contribution in [0.2, 0.25) is 0 Å². The maximum Gasteiger partial charge on any atom is 0.0629 e. The number of rotatable bonds is 3. The van der Waals surface area contributed by atoms with Crippen molar-refractivity contribution < 1.29 is 5.48 Å². The van der Waals surface area contributed by atoms with Crippen LogP contribution in [-0.4, -0.2) is 0 Å². The first kappa shape index (κ1) is 19.0. The molecule has 0 unspecified atom stereocenters. The van der Waals surface area contributed by atoms with Crippen LogP contribution in [0, 0.1) is 0 Å². The van der Waals surface area contributed by atoms with Gasteiger partial charge in [0.1, 0.15) is 0 Å². The lowest BCUT2D eigenvalue weighted by Crippen LogP contribution is -1.91. The van der Waals surface area contributed by atoms with Gasteiger partial charge in [0.05, 0.1) is 5.48 Å². The average Bonchev–Trinajstić information content (AvgIpc) is 3.07. The van der Waals surface area contributed by atoms with Gasteiger partial charge in [0.15, 0.2) is 0 Å². The van der Waals surface area contributed by atoms with Gasteiger partial charge in [-0.05, 0) is 82.5 Å². The van der Waals surface area contributed by atoms with Crippen molar-refractivity contribution in [3.05, 3.63) is 158 Å².